The van der Waals surface area contributed by atoms with Crippen LogP contribution in [-0.4, -0.2) is 28.9 Å². The van der Waals surface area contributed by atoms with Gasteiger partial charge < -0.3 is 14.4 Å². The van der Waals surface area contributed by atoms with E-state index in [9.17, 15) is 22.8 Å². The number of halogens is 3. The number of aromatic amines is 1. The largest absolute Gasteiger partial charge is 0.478 e. The molecule has 0 amide bonds. The third-order valence-corrected chi connectivity index (χ3v) is 4.56. The van der Waals surface area contributed by atoms with E-state index in [1.807, 2.05) is 5.10 Å². The van der Waals surface area contributed by atoms with Gasteiger partial charge in [-0.05, 0) is 11.6 Å². The van der Waals surface area contributed by atoms with Gasteiger partial charge in [0, 0.05) is 25.1 Å². The Kier molecular flexibility index (Phi) is 4.05. The van der Waals surface area contributed by atoms with Gasteiger partial charge in [0.05, 0.1) is 18.5 Å². The molecule has 10 heteroatoms. The smallest absolute Gasteiger partial charge is 0.423 e. The van der Waals surface area contributed by atoms with Gasteiger partial charge in [-0.2, -0.15) is 18.3 Å². The third kappa shape index (κ3) is 3.11. The van der Waals surface area contributed by atoms with E-state index in [0.29, 0.717) is 17.7 Å². The van der Waals surface area contributed by atoms with E-state index in [2.05, 4.69) is 5.10 Å². The molecule has 3 heterocycles. The SMILES string of the molecule is O=C1OCCC1Oc1cccc2c1CN(c1cn[nH]c(=O)c1C(F)(F)F)C2. The quantitative estimate of drug-likeness (QED) is 0.819. The minimum Gasteiger partial charge on any atom is -0.478 e. The highest BCUT2D eigenvalue weighted by Crippen LogP contribution is 2.39. The number of nitrogens with one attached hydrogen (secondary N) is 1. The maximum Gasteiger partial charge on any atom is 0.423 e. The first kappa shape index (κ1) is 17.4. The molecule has 1 N–H and O–H groups in total. The first-order chi connectivity index (χ1) is 12.8. The van der Waals surface area contributed by atoms with Gasteiger partial charge in [0.15, 0.2) is 6.10 Å². The van der Waals surface area contributed by atoms with Crippen molar-refractivity contribution >= 4 is 11.7 Å². The Morgan fingerprint density at radius 1 is 1.26 bits per heavy atom. The molecule has 0 spiro atoms. The number of carbonyl (C=O) groups is 1. The van der Waals surface area contributed by atoms with E-state index >= 15 is 0 Å². The number of benzene rings is 1. The summed E-state index contributed by atoms with van der Waals surface area (Å²) in [6, 6.07) is 5.14. The predicted octanol–water partition coefficient (Wildman–Crippen LogP) is 2.00. The highest BCUT2D eigenvalue weighted by molar-refractivity contribution is 5.77. The van der Waals surface area contributed by atoms with E-state index in [-0.39, 0.29) is 25.4 Å². The molecule has 0 bridgehead atoms. The molecule has 2 aliphatic heterocycles. The Balaban J connectivity index is 1.66. The lowest BCUT2D eigenvalue weighted by molar-refractivity contribution is -0.143. The van der Waals surface area contributed by atoms with Crippen molar-refractivity contribution in [3.8, 4) is 5.75 Å². The van der Waals surface area contributed by atoms with Crippen LogP contribution in [0.15, 0.2) is 29.2 Å². The van der Waals surface area contributed by atoms with Gasteiger partial charge in [-0.25, -0.2) is 9.89 Å². The molecule has 4 rings (SSSR count). The van der Waals surface area contributed by atoms with E-state index in [1.54, 1.807) is 18.2 Å². The first-order valence-corrected chi connectivity index (χ1v) is 8.18. The van der Waals surface area contributed by atoms with Crippen molar-refractivity contribution in [2.45, 2.75) is 31.8 Å². The van der Waals surface area contributed by atoms with Crippen LogP contribution < -0.4 is 15.2 Å². The molecule has 1 fully saturated rings. The van der Waals surface area contributed by atoms with Crippen LogP contribution in [0.25, 0.3) is 0 Å². The second kappa shape index (κ2) is 6.29. The summed E-state index contributed by atoms with van der Waals surface area (Å²) in [4.78, 5) is 24.7. The van der Waals surface area contributed by atoms with Gasteiger partial charge in [-0.3, -0.25) is 4.79 Å². The van der Waals surface area contributed by atoms with Gasteiger partial charge >= 0.3 is 12.1 Å². The molecule has 2 aliphatic rings. The highest BCUT2D eigenvalue weighted by atomic mass is 19.4. The van der Waals surface area contributed by atoms with E-state index in [1.165, 1.54) is 4.90 Å². The van der Waals surface area contributed by atoms with Crippen LogP contribution in [0.5, 0.6) is 5.75 Å². The van der Waals surface area contributed by atoms with Crippen LogP contribution >= 0.6 is 0 Å². The number of H-pyrrole nitrogens is 1. The van der Waals surface area contributed by atoms with E-state index in [0.717, 1.165) is 11.8 Å². The van der Waals surface area contributed by atoms with Crippen LogP contribution in [0.4, 0.5) is 18.9 Å². The second-order valence-corrected chi connectivity index (χ2v) is 6.27. The number of alkyl halides is 3. The zero-order chi connectivity index (χ0) is 19.2. The molecular formula is C17H14F3N3O4. The Labute approximate surface area is 150 Å². The fourth-order valence-electron chi connectivity index (χ4n) is 3.31. The fourth-order valence-corrected chi connectivity index (χ4v) is 3.31. The average Bonchev–Trinajstić information content (AvgIpc) is 3.20. The topological polar surface area (TPSA) is 84.5 Å². The van der Waals surface area contributed by atoms with Crippen LogP contribution in [0.3, 0.4) is 0 Å². The molecule has 1 saturated heterocycles. The zero-order valence-corrected chi connectivity index (χ0v) is 13.9. The fraction of sp³-hybridized carbons (Fsp3) is 0.353. The lowest BCUT2D eigenvalue weighted by Gasteiger charge is -2.21. The van der Waals surface area contributed by atoms with Gasteiger partial charge in [0.2, 0.25) is 0 Å². The van der Waals surface area contributed by atoms with Crippen molar-refractivity contribution in [1.29, 1.82) is 0 Å². The summed E-state index contributed by atoms with van der Waals surface area (Å²) < 4.78 is 50.6. The lowest BCUT2D eigenvalue weighted by Crippen LogP contribution is -2.28. The summed E-state index contributed by atoms with van der Waals surface area (Å²) in [7, 11) is 0. The van der Waals surface area contributed by atoms with Gasteiger partial charge in [-0.1, -0.05) is 12.1 Å². The second-order valence-electron chi connectivity index (χ2n) is 6.27. The number of cyclic esters (lactones) is 1. The molecule has 0 aliphatic carbocycles. The third-order valence-electron chi connectivity index (χ3n) is 4.56. The number of hydrogen-bond donors (Lipinski definition) is 1. The van der Waals surface area contributed by atoms with Crippen molar-refractivity contribution in [1.82, 2.24) is 10.2 Å². The Morgan fingerprint density at radius 3 is 2.78 bits per heavy atom. The van der Waals surface area contributed by atoms with Crippen molar-refractivity contribution in [2.24, 2.45) is 0 Å². The molecule has 1 aromatic carbocycles. The number of anilines is 1. The Hall–Kier alpha value is -3.04. The van der Waals surface area contributed by atoms with Crippen molar-refractivity contribution in [3.05, 3.63) is 51.4 Å². The van der Waals surface area contributed by atoms with Crippen LogP contribution in [0.2, 0.25) is 0 Å². The number of esters is 1. The molecule has 27 heavy (non-hydrogen) atoms. The number of carbonyl (C=O) groups excluding carboxylic acids is 1. The number of rotatable bonds is 3. The van der Waals surface area contributed by atoms with Gasteiger partial charge in [0.1, 0.15) is 11.3 Å². The summed E-state index contributed by atoms with van der Waals surface area (Å²) in [5, 5.41) is 5.34. The van der Waals surface area contributed by atoms with Crippen LogP contribution in [-0.2, 0) is 28.8 Å². The van der Waals surface area contributed by atoms with Gasteiger partial charge in [0.25, 0.3) is 5.56 Å². The molecule has 1 aromatic heterocycles. The summed E-state index contributed by atoms with van der Waals surface area (Å²) in [6.45, 7) is 0.537. The van der Waals surface area contributed by atoms with Crippen molar-refractivity contribution in [2.75, 3.05) is 11.5 Å². The average molecular weight is 381 g/mol. The normalized spacial score (nSPS) is 19.1. The molecule has 142 valence electrons. The van der Waals surface area contributed by atoms with Crippen molar-refractivity contribution in [3.63, 3.8) is 0 Å². The summed E-state index contributed by atoms with van der Waals surface area (Å²) in [6.07, 6.45) is -4.13. The van der Waals surface area contributed by atoms with E-state index in [4.69, 9.17) is 9.47 Å². The number of nitrogens with zero attached hydrogens (tertiary/aromatic N) is 2. The molecule has 0 saturated carbocycles. The monoisotopic (exact) mass is 381 g/mol. The summed E-state index contributed by atoms with van der Waals surface area (Å²) >= 11 is 0. The standard InChI is InChI=1S/C17H14F3N3O4/c18-17(19,20)14-11(6-21-22-15(14)24)23-7-9-2-1-3-12(10(9)8-23)27-13-4-5-26-16(13)25/h1-3,6,13H,4-5,7-8H2,(H,22,24). The van der Waals surface area contributed by atoms with Crippen molar-refractivity contribution < 1.29 is 27.4 Å². The Morgan fingerprint density at radius 2 is 2.07 bits per heavy atom. The molecule has 2 aromatic rings. The minimum absolute atomic E-state index is 0.0987. The predicted molar refractivity (Wildman–Crippen MR) is 86.2 cm³/mol. The maximum atomic E-state index is 13.3. The summed E-state index contributed by atoms with van der Waals surface area (Å²) in [5.41, 5.74) is -1.44. The van der Waals surface area contributed by atoms with E-state index < -0.39 is 29.4 Å². The zero-order valence-electron chi connectivity index (χ0n) is 13.9. The molecule has 0 radical (unpaired) electrons. The molecular weight excluding hydrogens is 367 g/mol. The first-order valence-electron chi connectivity index (χ1n) is 8.18. The summed E-state index contributed by atoms with van der Waals surface area (Å²) in [5.74, 6) is -0.0363. The molecule has 7 nitrogen and oxygen atoms in total. The Bertz CT molecular complexity index is 957. The molecule has 1 atom stereocenters. The number of hydrogen-bond acceptors (Lipinski definition) is 6. The molecule has 1 unspecified atom stereocenters. The van der Waals surface area contributed by atoms with Crippen LogP contribution in [0, 0.1) is 0 Å². The number of ether oxygens (including phenoxy) is 2. The van der Waals surface area contributed by atoms with Gasteiger partial charge in [-0.15, -0.1) is 0 Å². The highest BCUT2D eigenvalue weighted by Gasteiger charge is 2.40. The van der Waals surface area contributed by atoms with Crippen LogP contribution in [0.1, 0.15) is 23.1 Å². The lowest BCUT2D eigenvalue weighted by atomic mass is 10.1. The minimum atomic E-state index is -4.81. The maximum absolute atomic E-state index is 13.3. The number of fused-ring (bicyclic) bond motifs is 1. The number of aromatic nitrogens is 2.